The summed E-state index contributed by atoms with van der Waals surface area (Å²) in [6.45, 7) is 2.53. The molecule has 0 bridgehead atoms. The molecule has 22 heavy (non-hydrogen) atoms. The van der Waals surface area contributed by atoms with Crippen LogP contribution in [0.3, 0.4) is 0 Å². The van der Waals surface area contributed by atoms with Crippen molar-refractivity contribution in [2.75, 3.05) is 6.54 Å². The van der Waals surface area contributed by atoms with Gasteiger partial charge in [0.1, 0.15) is 4.90 Å². The summed E-state index contributed by atoms with van der Waals surface area (Å²) in [4.78, 5) is 22.2. The van der Waals surface area contributed by atoms with Gasteiger partial charge in [-0.15, -0.1) is 0 Å². The van der Waals surface area contributed by atoms with Crippen molar-refractivity contribution in [1.82, 2.24) is 4.72 Å². The second kappa shape index (κ2) is 7.92. The molecule has 0 spiro atoms. The van der Waals surface area contributed by atoms with E-state index in [0.717, 1.165) is 0 Å². The molecule has 1 atom stereocenters. The predicted octanol–water partition coefficient (Wildman–Crippen LogP) is 2.18. The van der Waals surface area contributed by atoms with E-state index in [0.29, 0.717) is 0 Å². The number of nitrogens with one attached hydrogen (secondary N) is 1. The molecule has 0 aliphatic heterocycles. The van der Waals surface area contributed by atoms with E-state index in [1.165, 1.54) is 32.0 Å². The van der Waals surface area contributed by atoms with Crippen molar-refractivity contribution in [2.24, 2.45) is 0 Å². The van der Waals surface area contributed by atoms with Crippen molar-refractivity contribution in [1.29, 1.82) is 0 Å². The number of carbonyl (C=O) groups excluding carboxylic acids is 2. The third-order valence-electron chi connectivity index (χ3n) is 2.69. The number of Topliss-reactive ketones (excluding diaryl/α,β-unsaturated/α-hetero) is 1. The largest absolute Gasteiger partial charge is 0.455 e. The summed E-state index contributed by atoms with van der Waals surface area (Å²) < 4.78 is 31.2. The molecule has 0 radical (unpaired) electrons. The number of esters is 1. The first-order valence-corrected chi connectivity index (χ1v) is 8.52. The van der Waals surface area contributed by atoms with Gasteiger partial charge in [-0.1, -0.05) is 29.3 Å². The van der Waals surface area contributed by atoms with Gasteiger partial charge < -0.3 is 4.74 Å². The topological polar surface area (TPSA) is 89.5 Å². The van der Waals surface area contributed by atoms with Gasteiger partial charge in [0.05, 0.1) is 16.5 Å². The van der Waals surface area contributed by atoms with Gasteiger partial charge in [-0.05, 0) is 26.0 Å². The molecule has 1 unspecified atom stereocenters. The molecule has 1 aromatic carbocycles. The van der Waals surface area contributed by atoms with Gasteiger partial charge >= 0.3 is 5.97 Å². The molecule has 0 fully saturated rings. The highest BCUT2D eigenvalue weighted by molar-refractivity contribution is 7.89. The van der Waals surface area contributed by atoms with E-state index in [1.807, 2.05) is 0 Å². The quantitative estimate of drug-likeness (QED) is 0.745. The average Bonchev–Trinajstić information content (AvgIpc) is 2.37. The van der Waals surface area contributed by atoms with Crippen molar-refractivity contribution < 1.29 is 22.7 Å². The Kier molecular flexibility index (Phi) is 6.80. The molecule has 0 aliphatic rings. The van der Waals surface area contributed by atoms with Crippen LogP contribution >= 0.6 is 23.2 Å². The first-order valence-electron chi connectivity index (χ1n) is 6.28. The number of ketones is 1. The summed E-state index contributed by atoms with van der Waals surface area (Å²) >= 11 is 11.7. The zero-order valence-electron chi connectivity index (χ0n) is 11.9. The minimum absolute atomic E-state index is 0.0206. The van der Waals surface area contributed by atoms with Crippen LogP contribution in [0.15, 0.2) is 23.1 Å². The van der Waals surface area contributed by atoms with Crippen molar-refractivity contribution in [2.45, 2.75) is 31.3 Å². The number of halogens is 2. The maximum absolute atomic E-state index is 12.1. The molecule has 0 amide bonds. The van der Waals surface area contributed by atoms with Gasteiger partial charge in [0.2, 0.25) is 10.0 Å². The fraction of sp³-hybridized carbons (Fsp3) is 0.385. The van der Waals surface area contributed by atoms with E-state index < -0.39 is 22.1 Å². The van der Waals surface area contributed by atoms with Gasteiger partial charge in [-0.2, -0.15) is 0 Å². The molecular formula is C13H15Cl2NO5S. The normalized spacial score (nSPS) is 12.7. The summed E-state index contributed by atoms with van der Waals surface area (Å²) in [5.41, 5.74) is 0. The molecule has 0 saturated carbocycles. The lowest BCUT2D eigenvalue weighted by molar-refractivity contribution is -0.153. The van der Waals surface area contributed by atoms with E-state index in [1.54, 1.807) is 0 Å². The van der Waals surface area contributed by atoms with Crippen LogP contribution in [0.5, 0.6) is 0 Å². The maximum atomic E-state index is 12.1. The number of sulfonamides is 1. The fourth-order valence-electron chi connectivity index (χ4n) is 1.44. The molecule has 0 heterocycles. The molecular weight excluding hydrogens is 353 g/mol. The Morgan fingerprint density at radius 2 is 1.82 bits per heavy atom. The third kappa shape index (κ3) is 5.24. The summed E-state index contributed by atoms with van der Waals surface area (Å²) in [5.74, 6) is -0.979. The Bertz CT molecular complexity index is 655. The SMILES string of the molecule is CC(=O)C(C)OC(=O)CCNS(=O)(=O)c1c(Cl)cccc1Cl. The van der Waals surface area contributed by atoms with Crippen molar-refractivity contribution in [3.05, 3.63) is 28.2 Å². The van der Waals surface area contributed by atoms with Crippen LogP contribution < -0.4 is 4.72 Å². The van der Waals surface area contributed by atoms with Crippen molar-refractivity contribution in [3.63, 3.8) is 0 Å². The Morgan fingerprint density at radius 1 is 1.27 bits per heavy atom. The summed E-state index contributed by atoms with van der Waals surface area (Å²) in [6, 6.07) is 4.31. The Morgan fingerprint density at radius 3 is 2.32 bits per heavy atom. The standard InChI is InChI=1S/C13H15Cl2NO5S/c1-8(17)9(2)21-12(18)6-7-16-22(19,20)13-10(14)4-3-5-11(13)15/h3-5,9,16H,6-7H2,1-2H3. The van der Waals surface area contributed by atoms with Crippen LogP contribution in [0.4, 0.5) is 0 Å². The number of hydrogen-bond donors (Lipinski definition) is 1. The lowest BCUT2D eigenvalue weighted by Gasteiger charge is -2.11. The summed E-state index contributed by atoms with van der Waals surface area (Å²) in [7, 11) is -3.95. The highest BCUT2D eigenvalue weighted by Gasteiger charge is 2.22. The van der Waals surface area contributed by atoms with E-state index in [-0.39, 0.29) is 33.7 Å². The minimum Gasteiger partial charge on any atom is -0.455 e. The second-order valence-electron chi connectivity index (χ2n) is 4.44. The van der Waals surface area contributed by atoms with E-state index >= 15 is 0 Å². The number of ether oxygens (including phenoxy) is 1. The zero-order valence-corrected chi connectivity index (χ0v) is 14.3. The molecule has 1 N–H and O–H groups in total. The first kappa shape index (κ1) is 18.9. The molecule has 9 heteroatoms. The van der Waals surface area contributed by atoms with Gasteiger partial charge in [0, 0.05) is 6.54 Å². The number of hydrogen-bond acceptors (Lipinski definition) is 5. The van der Waals surface area contributed by atoms with Crippen molar-refractivity contribution in [3.8, 4) is 0 Å². The highest BCUT2D eigenvalue weighted by Crippen LogP contribution is 2.28. The summed E-state index contributed by atoms with van der Waals surface area (Å²) in [5, 5.41) is -0.0412. The van der Waals surface area contributed by atoms with Crippen LogP contribution in [-0.2, 0) is 24.3 Å². The molecule has 0 aliphatic carbocycles. The highest BCUT2D eigenvalue weighted by atomic mass is 35.5. The fourth-order valence-corrected chi connectivity index (χ4v) is 3.61. The van der Waals surface area contributed by atoms with Crippen LogP contribution in [0.1, 0.15) is 20.3 Å². The molecule has 0 saturated heterocycles. The van der Waals surface area contributed by atoms with E-state index in [9.17, 15) is 18.0 Å². The lowest BCUT2D eigenvalue weighted by atomic mass is 10.3. The Balaban J connectivity index is 2.64. The molecule has 1 rings (SSSR count). The molecule has 122 valence electrons. The van der Waals surface area contributed by atoms with Gasteiger partial charge in [0.15, 0.2) is 11.9 Å². The zero-order chi connectivity index (χ0) is 16.9. The monoisotopic (exact) mass is 367 g/mol. The van der Waals surface area contributed by atoms with Gasteiger partial charge in [0.25, 0.3) is 0 Å². The Labute approximate surface area is 138 Å². The molecule has 1 aromatic rings. The first-order chi connectivity index (χ1) is 10.1. The summed E-state index contributed by atoms with van der Waals surface area (Å²) in [6.07, 6.45) is -1.08. The van der Waals surface area contributed by atoms with Crippen LogP contribution in [0.25, 0.3) is 0 Å². The maximum Gasteiger partial charge on any atom is 0.307 e. The minimum atomic E-state index is -3.95. The van der Waals surface area contributed by atoms with Crippen LogP contribution in [0, 0.1) is 0 Å². The van der Waals surface area contributed by atoms with Gasteiger partial charge in [-0.3, -0.25) is 9.59 Å². The van der Waals surface area contributed by atoms with Crippen LogP contribution in [-0.4, -0.2) is 32.8 Å². The Hall–Kier alpha value is -1.15. The van der Waals surface area contributed by atoms with Gasteiger partial charge in [-0.25, -0.2) is 13.1 Å². The van der Waals surface area contributed by atoms with Crippen LogP contribution in [0.2, 0.25) is 10.0 Å². The number of carbonyl (C=O) groups is 2. The average molecular weight is 368 g/mol. The lowest BCUT2D eigenvalue weighted by Crippen LogP contribution is -2.29. The van der Waals surface area contributed by atoms with E-state index in [2.05, 4.69) is 4.72 Å². The smallest absolute Gasteiger partial charge is 0.307 e. The van der Waals surface area contributed by atoms with Crippen molar-refractivity contribution >= 4 is 45.0 Å². The molecule has 6 nitrogen and oxygen atoms in total. The number of rotatable bonds is 7. The van der Waals surface area contributed by atoms with E-state index in [4.69, 9.17) is 27.9 Å². The molecule has 0 aromatic heterocycles. The number of benzene rings is 1. The second-order valence-corrected chi connectivity index (χ2v) is 6.96. The predicted molar refractivity (Wildman–Crippen MR) is 82.5 cm³/mol. The third-order valence-corrected chi connectivity index (χ3v) is 5.11.